The smallest absolute Gasteiger partial charge is 0.504 e. The predicted octanol–water partition coefficient (Wildman–Crippen LogP) is 5.31. The van der Waals surface area contributed by atoms with Gasteiger partial charge in [-0.3, -0.25) is 0 Å². The third-order valence-electron chi connectivity index (χ3n) is 4.84. The Kier molecular flexibility index (Phi) is 7.67. The second-order valence-electron chi connectivity index (χ2n) is 6.93. The highest BCUT2D eigenvalue weighted by atomic mass is 16.7. The minimum atomic E-state index is -1.47. The summed E-state index contributed by atoms with van der Waals surface area (Å²) >= 11 is 0. The second kappa shape index (κ2) is 10.8. The molecule has 0 aliphatic heterocycles. The van der Waals surface area contributed by atoms with Crippen LogP contribution in [0.3, 0.4) is 0 Å². The lowest BCUT2D eigenvalue weighted by Crippen LogP contribution is -2.07. The number of aromatic hydroxyl groups is 2. The van der Waals surface area contributed by atoms with Crippen LogP contribution in [0.4, 0.5) is 9.59 Å². The predicted molar refractivity (Wildman–Crippen MR) is 126 cm³/mol. The molecule has 35 heavy (non-hydrogen) atoms. The maximum Gasteiger partial charge on any atom is 0.513 e. The zero-order chi connectivity index (χ0) is 25.5. The summed E-state index contributed by atoms with van der Waals surface area (Å²) in [6, 6.07) is 16.6. The molecule has 0 spiro atoms. The van der Waals surface area contributed by atoms with Crippen molar-refractivity contribution in [2.24, 2.45) is 0 Å². The van der Waals surface area contributed by atoms with Crippen molar-refractivity contribution in [1.29, 1.82) is 0 Å². The van der Waals surface area contributed by atoms with Gasteiger partial charge in [-0.2, -0.15) is 0 Å². The van der Waals surface area contributed by atoms with Crippen LogP contribution >= 0.6 is 0 Å². The first-order valence-electron chi connectivity index (χ1n) is 10.0. The van der Waals surface area contributed by atoms with Gasteiger partial charge in [0.05, 0.1) is 21.3 Å². The summed E-state index contributed by atoms with van der Waals surface area (Å²) in [4.78, 5) is 21.4. The zero-order valence-electron chi connectivity index (χ0n) is 19.0. The Bertz CT molecular complexity index is 1380. The van der Waals surface area contributed by atoms with Crippen LogP contribution in [-0.4, -0.2) is 49.0 Å². The minimum absolute atomic E-state index is 0.0441. The molecule has 10 nitrogen and oxygen atoms in total. The van der Waals surface area contributed by atoms with Crippen LogP contribution in [0.15, 0.2) is 60.7 Å². The van der Waals surface area contributed by atoms with Crippen LogP contribution in [0.5, 0.6) is 34.5 Å². The zero-order valence-corrected chi connectivity index (χ0v) is 19.0. The normalized spacial score (nSPS) is 10.1. The van der Waals surface area contributed by atoms with Gasteiger partial charge in [0.1, 0.15) is 11.5 Å². The van der Waals surface area contributed by atoms with E-state index in [0.29, 0.717) is 16.9 Å². The van der Waals surface area contributed by atoms with Gasteiger partial charge in [0.25, 0.3) is 0 Å². The van der Waals surface area contributed by atoms with Crippen LogP contribution in [0.25, 0.3) is 21.5 Å². The summed E-state index contributed by atoms with van der Waals surface area (Å²) < 4.78 is 24.0. The first-order valence-corrected chi connectivity index (χ1v) is 10.0. The number of fused-ring (bicyclic) bond motifs is 2. The fourth-order valence-corrected chi connectivity index (χ4v) is 3.27. The molecule has 0 aliphatic rings. The van der Waals surface area contributed by atoms with E-state index in [4.69, 9.17) is 19.3 Å². The number of methoxy groups -OCH3 is 3. The number of benzene rings is 4. The van der Waals surface area contributed by atoms with Crippen LogP contribution in [0, 0.1) is 0 Å². The third kappa shape index (κ3) is 5.74. The van der Waals surface area contributed by atoms with E-state index < -0.39 is 12.3 Å². The van der Waals surface area contributed by atoms with Gasteiger partial charge in [0.15, 0.2) is 23.0 Å². The van der Waals surface area contributed by atoms with E-state index in [1.807, 2.05) is 6.07 Å². The van der Waals surface area contributed by atoms with Gasteiger partial charge in [-0.1, -0.05) is 24.3 Å². The molecule has 0 heterocycles. The van der Waals surface area contributed by atoms with Gasteiger partial charge in [-0.15, -0.1) is 0 Å². The molecule has 0 unspecified atom stereocenters. The number of carbonyl (C=O) groups excluding carboxylic acids is 1. The van der Waals surface area contributed by atoms with Gasteiger partial charge < -0.3 is 39.0 Å². The average molecular weight is 482 g/mol. The van der Waals surface area contributed by atoms with Crippen LogP contribution < -0.4 is 18.9 Å². The first kappa shape index (κ1) is 24.8. The number of carbonyl (C=O) groups is 2. The molecule has 4 rings (SSSR count). The molecule has 4 aromatic carbocycles. The molecular formula is C25H22O10. The number of hydrogen-bond donors (Lipinski definition) is 3. The minimum Gasteiger partial charge on any atom is -0.504 e. The van der Waals surface area contributed by atoms with Crippen LogP contribution in [0.1, 0.15) is 0 Å². The summed E-state index contributed by atoms with van der Waals surface area (Å²) in [6.45, 7) is 0. The highest BCUT2D eigenvalue weighted by Crippen LogP contribution is 2.36. The molecule has 0 atom stereocenters. The van der Waals surface area contributed by atoms with Crippen LogP contribution in [-0.2, 0) is 4.74 Å². The molecule has 10 heteroatoms. The highest BCUT2D eigenvalue weighted by Gasteiger charge is 2.13. The van der Waals surface area contributed by atoms with Gasteiger partial charge in [0, 0.05) is 10.8 Å². The highest BCUT2D eigenvalue weighted by molar-refractivity contribution is 5.92. The number of hydrogen-bond acceptors (Lipinski definition) is 9. The van der Waals surface area contributed by atoms with E-state index in [9.17, 15) is 19.8 Å². The van der Waals surface area contributed by atoms with E-state index in [2.05, 4.69) is 9.47 Å². The Hall–Kier alpha value is -4.86. The molecule has 0 saturated heterocycles. The van der Waals surface area contributed by atoms with Crippen molar-refractivity contribution in [2.45, 2.75) is 0 Å². The standard InChI is InChI=1S/C13H12O5.C12H10O5/c1-16-11-5-3-4-8-6-12(18-13(15)17-2)10(14)7-9(8)11;1-16-10-4-2-3-7-5-11(17-12(14)15)9(13)6-8(7)10/h3-7,14H,1-2H3;2-6,13H,1H3,(H,14,15). The molecule has 3 N–H and O–H groups in total. The Morgan fingerprint density at radius 1 is 0.657 bits per heavy atom. The Labute approximate surface area is 199 Å². The lowest BCUT2D eigenvalue weighted by atomic mass is 10.1. The molecule has 4 aromatic rings. The van der Waals surface area contributed by atoms with Crippen molar-refractivity contribution in [3.8, 4) is 34.5 Å². The van der Waals surface area contributed by atoms with E-state index >= 15 is 0 Å². The van der Waals surface area contributed by atoms with Crippen molar-refractivity contribution < 1.29 is 48.6 Å². The summed E-state index contributed by atoms with van der Waals surface area (Å²) in [6.07, 6.45) is -2.35. The maximum absolute atomic E-state index is 11.0. The van der Waals surface area contributed by atoms with Crippen molar-refractivity contribution >= 4 is 33.9 Å². The van der Waals surface area contributed by atoms with Gasteiger partial charge in [-0.25, -0.2) is 9.59 Å². The number of carboxylic acid groups (broad SMARTS) is 1. The number of phenolic OH excluding ortho intramolecular Hbond substituents is 2. The van der Waals surface area contributed by atoms with Crippen molar-refractivity contribution in [2.75, 3.05) is 21.3 Å². The molecule has 0 aromatic heterocycles. The molecule has 182 valence electrons. The topological polar surface area (TPSA) is 141 Å². The molecular weight excluding hydrogens is 460 g/mol. The Morgan fingerprint density at radius 3 is 1.51 bits per heavy atom. The molecule has 0 aliphatic carbocycles. The van der Waals surface area contributed by atoms with Crippen molar-refractivity contribution in [3.63, 3.8) is 0 Å². The first-order chi connectivity index (χ1) is 16.8. The Morgan fingerprint density at radius 2 is 1.11 bits per heavy atom. The van der Waals surface area contributed by atoms with Gasteiger partial charge in [0.2, 0.25) is 0 Å². The SMILES string of the molecule is COC(=O)Oc1cc2cccc(OC)c2cc1O.COc1cccc2cc(OC(=O)O)c(O)cc12. The van der Waals surface area contributed by atoms with Gasteiger partial charge >= 0.3 is 12.3 Å². The monoisotopic (exact) mass is 482 g/mol. The lowest BCUT2D eigenvalue weighted by Gasteiger charge is -2.09. The van der Waals surface area contributed by atoms with E-state index in [0.717, 1.165) is 16.2 Å². The third-order valence-corrected chi connectivity index (χ3v) is 4.84. The Balaban J connectivity index is 0.000000196. The van der Waals surface area contributed by atoms with E-state index in [-0.39, 0.29) is 23.0 Å². The molecule has 0 saturated carbocycles. The fourth-order valence-electron chi connectivity index (χ4n) is 3.27. The molecule has 0 bridgehead atoms. The lowest BCUT2D eigenvalue weighted by molar-refractivity contribution is 0.120. The van der Waals surface area contributed by atoms with Crippen LogP contribution in [0.2, 0.25) is 0 Å². The summed E-state index contributed by atoms with van der Waals surface area (Å²) in [7, 11) is 4.27. The summed E-state index contributed by atoms with van der Waals surface area (Å²) in [5.74, 6) is 0.773. The van der Waals surface area contributed by atoms with Crippen molar-refractivity contribution in [3.05, 3.63) is 60.7 Å². The fraction of sp³-hybridized carbons (Fsp3) is 0.120. The largest absolute Gasteiger partial charge is 0.513 e. The summed E-state index contributed by atoms with van der Waals surface area (Å²) in [5.41, 5.74) is 0. The van der Waals surface area contributed by atoms with Crippen molar-refractivity contribution in [1.82, 2.24) is 0 Å². The maximum atomic E-state index is 11.0. The summed E-state index contributed by atoms with van der Waals surface area (Å²) in [5, 5.41) is 30.8. The number of phenols is 2. The van der Waals surface area contributed by atoms with E-state index in [1.54, 1.807) is 43.5 Å². The quantitative estimate of drug-likeness (QED) is 0.259. The molecule has 0 fully saturated rings. The molecule has 0 radical (unpaired) electrons. The van der Waals surface area contributed by atoms with Gasteiger partial charge in [-0.05, 0) is 47.2 Å². The number of ether oxygens (including phenoxy) is 5. The average Bonchev–Trinajstić information content (AvgIpc) is 2.84. The van der Waals surface area contributed by atoms with E-state index in [1.165, 1.54) is 32.4 Å². The second-order valence-corrected chi connectivity index (χ2v) is 6.93. The number of rotatable bonds is 4. The molecule has 0 amide bonds.